The SMILES string of the molecule is NC1CC(OCC2CC(F)(F)C2)C1. The molecule has 0 amide bonds. The number of halogens is 2. The molecule has 0 heterocycles. The van der Waals surface area contributed by atoms with E-state index in [9.17, 15) is 8.78 Å². The lowest BCUT2D eigenvalue weighted by molar-refractivity contribution is -0.141. The smallest absolute Gasteiger partial charge is 0.248 e. The quantitative estimate of drug-likeness (QED) is 0.734. The second-order valence-corrected chi connectivity index (χ2v) is 4.32. The number of ether oxygens (including phenoxy) is 1. The standard InChI is InChI=1S/C9H15F2NO/c10-9(11)3-6(4-9)5-13-8-1-7(12)2-8/h6-8H,1-5,12H2. The molecule has 2 fully saturated rings. The van der Waals surface area contributed by atoms with E-state index in [-0.39, 0.29) is 30.9 Å². The minimum Gasteiger partial charge on any atom is -0.378 e. The maximum absolute atomic E-state index is 12.4. The Kier molecular flexibility index (Phi) is 2.28. The monoisotopic (exact) mass is 191 g/mol. The molecule has 13 heavy (non-hydrogen) atoms. The molecule has 0 spiro atoms. The van der Waals surface area contributed by atoms with Gasteiger partial charge in [-0.1, -0.05) is 0 Å². The third-order valence-electron chi connectivity index (χ3n) is 2.87. The van der Waals surface area contributed by atoms with E-state index in [0.717, 1.165) is 12.8 Å². The topological polar surface area (TPSA) is 35.2 Å². The van der Waals surface area contributed by atoms with Crippen molar-refractivity contribution >= 4 is 0 Å². The average molecular weight is 191 g/mol. The second-order valence-electron chi connectivity index (χ2n) is 4.32. The molecule has 0 aromatic carbocycles. The van der Waals surface area contributed by atoms with Gasteiger partial charge in [0.15, 0.2) is 0 Å². The third-order valence-corrected chi connectivity index (χ3v) is 2.87. The van der Waals surface area contributed by atoms with Gasteiger partial charge in [0.1, 0.15) is 0 Å². The Labute approximate surface area is 76.4 Å². The highest BCUT2D eigenvalue weighted by atomic mass is 19.3. The molecule has 2 rings (SSSR count). The maximum atomic E-state index is 12.4. The normalized spacial score (nSPS) is 38.1. The van der Waals surface area contributed by atoms with Crippen LogP contribution < -0.4 is 5.73 Å². The first-order valence-electron chi connectivity index (χ1n) is 4.80. The molecule has 0 aliphatic heterocycles. The van der Waals surface area contributed by atoms with Gasteiger partial charge in [0.25, 0.3) is 0 Å². The molecule has 2 saturated carbocycles. The van der Waals surface area contributed by atoms with Crippen molar-refractivity contribution in [2.45, 2.75) is 43.8 Å². The molecular weight excluding hydrogens is 176 g/mol. The van der Waals surface area contributed by atoms with Crippen LogP contribution in [0.5, 0.6) is 0 Å². The molecule has 4 heteroatoms. The number of hydrogen-bond donors (Lipinski definition) is 1. The Morgan fingerprint density at radius 1 is 1.31 bits per heavy atom. The molecule has 2 aliphatic carbocycles. The fourth-order valence-corrected chi connectivity index (χ4v) is 1.92. The van der Waals surface area contributed by atoms with Crippen LogP contribution in [0.3, 0.4) is 0 Å². The maximum Gasteiger partial charge on any atom is 0.248 e. The molecule has 76 valence electrons. The molecule has 2 N–H and O–H groups in total. The van der Waals surface area contributed by atoms with Crippen LogP contribution in [0.15, 0.2) is 0 Å². The van der Waals surface area contributed by atoms with Gasteiger partial charge in [-0.25, -0.2) is 8.78 Å². The fraction of sp³-hybridized carbons (Fsp3) is 1.00. The van der Waals surface area contributed by atoms with E-state index < -0.39 is 5.92 Å². The van der Waals surface area contributed by atoms with Gasteiger partial charge >= 0.3 is 0 Å². The number of nitrogens with two attached hydrogens (primary N) is 1. The zero-order valence-corrected chi connectivity index (χ0v) is 7.51. The van der Waals surface area contributed by atoms with E-state index in [4.69, 9.17) is 10.5 Å². The van der Waals surface area contributed by atoms with Crippen molar-refractivity contribution in [2.75, 3.05) is 6.61 Å². The average Bonchev–Trinajstić information content (AvgIpc) is 1.91. The lowest BCUT2D eigenvalue weighted by atomic mass is 9.82. The van der Waals surface area contributed by atoms with Crippen LogP contribution in [0, 0.1) is 5.92 Å². The Morgan fingerprint density at radius 2 is 1.92 bits per heavy atom. The first-order valence-corrected chi connectivity index (χ1v) is 4.80. The molecule has 0 radical (unpaired) electrons. The van der Waals surface area contributed by atoms with Crippen molar-refractivity contribution in [3.05, 3.63) is 0 Å². The van der Waals surface area contributed by atoms with E-state index in [1.807, 2.05) is 0 Å². The van der Waals surface area contributed by atoms with Crippen molar-refractivity contribution in [3.63, 3.8) is 0 Å². The molecule has 0 unspecified atom stereocenters. The van der Waals surface area contributed by atoms with Gasteiger partial charge in [-0.05, 0) is 18.8 Å². The molecule has 0 atom stereocenters. The van der Waals surface area contributed by atoms with Crippen LogP contribution in [0.4, 0.5) is 8.78 Å². The van der Waals surface area contributed by atoms with E-state index in [1.165, 1.54) is 0 Å². The van der Waals surface area contributed by atoms with Gasteiger partial charge < -0.3 is 10.5 Å². The summed E-state index contributed by atoms with van der Waals surface area (Å²) >= 11 is 0. The molecule has 0 bridgehead atoms. The summed E-state index contributed by atoms with van der Waals surface area (Å²) in [5.41, 5.74) is 5.56. The third kappa shape index (κ3) is 2.17. The molecule has 0 aromatic heterocycles. The Hall–Kier alpha value is -0.220. The van der Waals surface area contributed by atoms with Crippen molar-refractivity contribution < 1.29 is 13.5 Å². The molecule has 0 saturated heterocycles. The summed E-state index contributed by atoms with van der Waals surface area (Å²) in [4.78, 5) is 0. The van der Waals surface area contributed by atoms with Crippen LogP contribution in [-0.4, -0.2) is 24.7 Å². The highest BCUT2D eigenvalue weighted by Gasteiger charge is 2.45. The lowest BCUT2D eigenvalue weighted by Crippen LogP contribution is -2.44. The summed E-state index contributed by atoms with van der Waals surface area (Å²) in [7, 11) is 0. The Morgan fingerprint density at radius 3 is 2.38 bits per heavy atom. The van der Waals surface area contributed by atoms with Crippen LogP contribution in [0.1, 0.15) is 25.7 Å². The van der Waals surface area contributed by atoms with Crippen molar-refractivity contribution in [3.8, 4) is 0 Å². The minimum absolute atomic E-state index is 0.00573. The Bertz CT molecular complexity index is 184. The van der Waals surface area contributed by atoms with Crippen LogP contribution >= 0.6 is 0 Å². The van der Waals surface area contributed by atoms with Crippen molar-refractivity contribution in [2.24, 2.45) is 11.7 Å². The van der Waals surface area contributed by atoms with Crippen molar-refractivity contribution in [1.82, 2.24) is 0 Å². The van der Waals surface area contributed by atoms with Crippen LogP contribution in [-0.2, 0) is 4.74 Å². The summed E-state index contributed by atoms with van der Waals surface area (Å²) in [6.45, 7) is 0.493. The summed E-state index contributed by atoms with van der Waals surface area (Å²) in [5.74, 6) is -2.34. The molecule has 2 nitrogen and oxygen atoms in total. The number of alkyl halides is 2. The van der Waals surface area contributed by atoms with Gasteiger partial charge in [0.2, 0.25) is 5.92 Å². The van der Waals surface area contributed by atoms with E-state index in [2.05, 4.69) is 0 Å². The van der Waals surface area contributed by atoms with E-state index in [0.29, 0.717) is 6.61 Å². The minimum atomic E-state index is -2.41. The zero-order chi connectivity index (χ0) is 9.47. The highest BCUT2D eigenvalue weighted by Crippen LogP contribution is 2.42. The van der Waals surface area contributed by atoms with Gasteiger partial charge in [0, 0.05) is 18.9 Å². The number of rotatable bonds is 3. The largest absolute Gasteiger partial charge is 0.378 e. The predicted molar refractivity (Wildman–Crippen MR) is 44.6 cm³/mol. The van der Waals surface area contributed by atoms with E-state index in [1.54, 1.807) is 0 Å². The van der Waals surface area contributed by atoms with Crippen molar-refractivity contribution in [1.29, 1.82) is 0 Å². The van der Waals surface area contributed by atoms with Gasteiger partial charge in [-0.15, -0.1) is 0 Å². The first kappa shape index (κ1) is 9.34. The lowest BCUT2D eigenvalue weighted by Gasteiger charge is -2.38. The van der Waals surface area contributed by atoms with Crippen LogP contribution in [0.2, 0.25) is 0 Å². The van der Waals surface area contributed by atoms with E-state index >= 15 is 0 Å². The zero-order valence-electron chi connectivity index (χ0n) is 7.51. The van der Waals surface area contributed by atoms with Gasteiger partial charge in [-0.2, -0.15) is 0 Å². The molecule has 0 aromatic rings. The predicted octanol–water partition coefficient (Wildman–Crippen LogP) is 1.54. The molecule has 2 aliphatic rings. The first-order chi connectivity index (χ1) is 6.05. The van der Waals surface area contributed by atoms with Crippen LogP contribution in [0.25, 0.3) is 0 Å². The second kappa shape index (κ2) is 3.17. The highest BCUT2D eigenvalue weighted by molar-refractivity contribution is 4.87. The Balaban J connectivity index is 1.55. The summed E-state index contributed by atoms with van der Waals surface area (Å²) in [6, 6.07) is 0.271. The molecular formula is C9H15F2NO. The van der Waals surface area contributed by atoms with Gasteiger partial charge in [0.05, 0.1) is 12.7 Å². The summed E-state index contributed by atoms with van der Waals surface area (Å²) in [5, 5.41) is 0. The summed E-state index contributed by atoms with van der Waals surface area (Å²) < 4.78 is 30.2. The summed E-state index contributed by atoms with van der Waals surface area (Å²) in [6.07, 6.45) is 2.04. The number of hydrogen-bond acceptors (Lipinski definition) is 2. The van der Waals surface area contributed by atoms with Gasteiger partial charge in [-0.3, -0.25) is 0 Å². The fourth-order valence-electron chi connectivity index (χ4n) is 1.92.